The Labute approximate surface area is 160 Å². The van der Waals surface area contributed by atoms with Gasteiger partial charge in [0, 0.05) is 24.4 Å². The van der Waals surface area contributed by atoms with Crippen molar-refractivity contribution in [2.45, 2.75) is 19.4 Å². The zero-order valence-electron chi connectivity index (χ0n) is 15.1. The van der Waals surface area contributed by atoms with Gasteiger partial charge in [0.1, 0.15) is 17.7 Å². The summed E-state index contributed by atoms with van der Waals surface area (Å²) in [6.45, 7) is 1.89. The van der Waals surface area contributed by atoms with Crippen LogP contribution in [0.15, 0.2) is 54.9 Å². The molecular weight excluding hydrogens is 364 g/mol. The lowest BCUT2D eigenvalue weighted by Gasteiger charge is -2.25. The van der Waals surface area contributed by atoms with Gasteiger partial charge in [-0.05, 0) is 48.4 Å². The number of pyridine rings is 1. The molecular formula is C22H17F2NO3. The van der Waals surface area contributed by atoms with Gasteiger partial charge in [-0.1, -0.05) is 12.1 Å². The van der Waals surface area contributed by atoms with Crippen LogP contribution >= 0.6 is 0 Å². The van der Waals surface area contributed by atoms with Crippen LogP contribution < -0.4 is 9.47 Å². The number of aromatic nitrogens is 1. The van der Waals surface area contributed by atoms with Gasteiger partial charge in [0.2, 0.25) is 0 Å². The average Bonchev–Trinajstić information content (AvgIpc) is 2.70. The normalized spacial score (nSPS) is 14.2. The summed E-state index contributed by atoms with van der Waals surface area (Å²) in [6, 6.07) is 10.5. The van der Waals surface area contributed by atoms with Gasteiger partial charge < -0.3 is 9.47 Å². The van der Waals surface area contributed by atoms with Gasteiger partial charge in [-0.3, -0.25) is 9.78 Å². The molecule has 142 valence electrons. The molecule has 6 heteroatoms. The predicted octanol–water partition coefficient (Wildman–Crippen LogP) is 4.80. The second-order valence-corrected chi connectivity index (χ2v) is 6.54. The van der Waals surface area contributed by atoms with Crippen molar-refractivity contribution in [2.75, 3.05) is 6.61 Å². The number of ketones is 1. The molecule has 0 bridgehead atoms. The Bertz CT molecular complexity index is 1040. The van der Waals surface area contributed by atoms with Crippen molar-refractivity contribution in [3.8, 4) is 11.5 Å². The maximum absolute atomic E-state index is 14.9. The summed E-state index contributed by atoms with van der Waals surface area (Å²) in [4.78, 5) is 16.1. The molecule has 3 aromatic rings. The molecule has 2 heterocycles. The highest BCUT2D eigenvalue weighted by atomic mass is 19.1. The zero-order chi connectivity index (χ0) is 19.7. The van der Waals surface area contributed by atoms with Crippen LogP contribution in [0.4, 0.5) is 8.78 Å². The Kier molecular flexibility index (Phi) is 4.77. The standard InChI is InChI=1S/C22H17F2NO3/c1-13-20-17(19(26)7-10-27-20)12-18(24)21(13)28-22(14-5-8-25-9-6-14)15-3-2-4-16(23)11-15/h2-6,8-9,11-12,22H,7,10H2,1H3. The van der Waals surface area contributed by atoms with Crippen LogP contribution in [0.1, 0.15) is 39.6 Å². The molecule has 1 atom stereocenters. The van der Waals surface area contributed by atoms with Crippen LogP contribution in [0.3, 0.4) is 0 Å². The SMILES string of the molecule is Cc1c(OC(c2ccncc2)c2cccc(F)c2)c(F)cc2c1OCCC2=O. The van der Waals surface area contributed by atoms with E-state index in [1.54, 1.807) is 43.6 Å². The van der Waals surface area contributed by atoms with Crippen molar-refractivity contribution in [3.05, 3.63) is 88.7 Å². The van der Waals surface area contributed by atoms with E-state index in [-0.39, 0.29) is 30.1 Å². The Morgan fingerprint density at radius 3 is 2.64 bits per heavy atom. The number of benzene rings is 2. The Morgan fingerprint density at radius 1 is 1.11 bits per heavy atom. The van der Waals surface area contributed by atoms with Crippen LogP contribution in [0.2, 0.25) is 0 Å². The highest BCUT2D eigenvalue weighted by molar-refractivity contribution is 6.00. The van der Waals surface area contributed by atoms with Gasteiger partial charge >= 0.3 is 0 Å². The first-order valence-electron chi connectivity index (χ1n) is 8.85. The minimum absolute atomic E-state index is 0.0282. The summed E-state index contributed by atoms with van der Waals surface area (Å²) >= 11 is 0. The van der Waals surface area contributed by atoms with Crippen LogP contribution in [0.5, 0.6) is 11.5 Å². The number of carbonyl (C=O) groups is 1. The summed E-state index contributed by atoms with van der Waals surface area (Å²) < 4.78 is 40.3. The smallest absolute Gasteiger partial charge is 0.170 e. The quantitative estimate of drug-likeness (QED) is 0.651. The van der Waals surface area contributed by atoms with Crippen molar-refractivity contribution in [1.29, 1.82) is 0 Å². The largest absolute Gasteiger partial charge is 0.492 e. The molecule has 4 rings (SSSR count). The molecule has 0 spiro atoms. The Balaban J connectivity index is 1.81. The third kappa shape index (κ3) is 3.33. The van der Waals surface area contributed by atoms with Crippen LogP contribution in [-0.4, -0.2) is 17.4 Å². The minimum Gasteiger partial charge on any atom is -0.492 e. The van der Waals surface area contributed by atoms with Crippen molar-refractivity contribution in [2.24, 2.45) is 0 Å². The van der Waals surface area contributed by atoms with E-state index in [1.807, 2.05) is 0 Å². The summed E-state index contributed by atoms with van der Waals surface area (Å²) in [7, 11) is 0. The molecule has 1 unspecified atom stereocenters. The first kappa shape index (κ1) is 18.1. The lowest BCUT2D eigenvalue weighted by molar-refractivity contribution is 0.0931. The molecule has 28 heavy (non-hydrogen) atoms. The first-order valence-corrected chi connectivity index (χ1v) is 8.85. The third-order valence-corrected chi connectivity index (χ3v) is 4.69. The fourth-order valence-electron chi connectivity index (χ4n) is 3.31. The fourth-order valence-corrected chi connectivity index (χ4v) is 3.31. The van der Waals surface area contributed by atoms with Crippen molar-refractivity contribution >= 4 is 5.78 Å². The molecule has 0 N–H and O–H groups in total. The summed E-state index contributed by atoms with van der Waals surface area (Å²) in [6.07, 6.45) is 2.63. The molecule has 0 radical (unpaired) electrons. The highest BCUT2D eigenvalue weighted by Crippen LogP contribution is 2.40. The number of fused-ring (bicyclic) bond motifs is 1. The van der Waals surface area contributed by atoms with E-state index >= 15 is 0 Å². The van der Waals surface area contributed by atoms with Crippen LogP contribution in [0.25, 0.3) is 0 Å². The van der Waals surface area contributed by atoms with E-state index in [2.05, 4.69) is 4.98 Å². The number of halogens is 2. The number of carbonyl (C=O) groups excluding carboxylic acids is 1. The molecule has 1 aliphatic rings. The van der Waals surface area contributed by atoms with Crippen LogP contribution in [-0.2, 0) is 0 Å². The highest BCUT2D eigenvalue weighted by Gasteiger charge is 2.27. The average molecular weight is 381 g/mol. The molecule has 0 saturated heterocycles. The second kappa shape index (κ2) is 7.38. The lowest BCUT2D eigenvalue weighted by atomic mass is 9.99. The number of ether oxygens (including phenoxy) is 2. The Hall–Kier alpha value is -3.28. The van der Waals surface area contributed by atoms with E-state index in [0.29, 0.717) is 22.4 Å². The molecule has 0 aliphatic carbocycles. The monoisotopic (exact) mass is 381 g/mol. The lowest BCUT2D eigenvalue weighted by Crippen LogP contribution is -2.18. The molecule has 1 aliphatic heterocycles. The Morgan fingerprint density at radius 2 is 1.89 bits per heavy atom. The van der Waals surface area contributed by atoms with Crippen molar-refractivity contribution in [1.82, 2.24) is 4.98 Å². The first-order chi connectivity index (χ1) is 13.5. The minimum atomic E-state index is -0.760. The number of Topliss-reactive ketones (excluding diaryl/α,β-unsaturated/α-hetero) is 1. The van der Waals surface area contributed by atoms with Gasteiger partial charge in [-0.15, -0.1) is 0 Å². The molecule has 0 saturated carbocycles. The van der Waals surface area contributed by atoms with E-state index in [1.165, 1.54) is 12.1 Å². The van der Waals surface area contributed by atoms with E-state index in [0.717, 1.165) is 6.07 Å². The van der Waals surface area contributed by atoms with Crippen LogP contribution in [0, 0.1) is 18.6 Å². The van der Waals surface area contributed by atoms with Gasteiger partial charge in [0.15, 0.2) is 17.3 Å². The molecule has 1 aromatic heterocycles. The van der Waals surface area contributed by atoms with Crippen molar-refractivity contribution < 1.29 is 23.0 Å². The number of hydrogen-bond acceptors (Lipinski definition) is 4. The maximum atomic E-state index is 14.9. The summed E-state index contributed by atoms with van der Waals surface area (Å²) in [5.74, 6) is -0.937. The number of hydrogen-bond donors (Lipinski definition) is 0. The predicted molar refractivity (Wildman–Crippen MR) is 98.7 cm³/mol. The maximum Gasteiger partial charge on any atom is 0.170 e. The zero-order valence-corrected chi connectivity index (χ0v) is 15.1. The number of nitrogens with zero attached hydrogens (tertiary/aromatic N) is 1. The molecule has 2 aromatic carbocycles. The van der Waals surface area contributed by atoms with E-state index in [4.69, 9.17) is 9.47 Å². The number of rotatable bonds is 4. The van der Waals surface area contributed by atoms with Gasteiger partial charge in [-0.2, -0.15) is 0 Å². The molecule has 0 fully saturated rings. The summed E-state index contributed by atoms with van der Waals surface area (Å²) in [5.41, 5.74) is 1.84. The second-order valence-electron chi connectivity index (χ2n) is 6.54. The van der Waals surface area contributed by atoms with Crippen molar-refractivity contribution in [3.63, 3.8) is 0 Å². The van der Waals surface area contributed by atoms with Gasteiger partial charge in [-0.25, -0.2) is 8.78 Å². The summed E-state index contributed by atoms with van der Waals surface area (Å²) in [5, 5.41) is 0. The van der Waals surface area contributed by atoms with E-state index < -0.39 is 17.7 Å². The van der Waals surface area contributed by atoms with Gasteiger partial charge in [0.25, 0.3) is 0 Å². The molecule has 4 nitrogen and oxygen atoms in total. The third-order valence-electron chi connectivity index (χ3n) is 4.69. The molecule has 0 amide bonds. The fraction of sp³-hybridized carbons (Fsp3) is 0.182. The van der Waals surface area contributed by atoms with E-state index in [9.17, 15) is 13.6 Å². The topological polar surface area (TPSA) is 48.4 Å². The van der Waals surface area contributed by atoms with Gasteiger partial charge in [0.05, 0.1) is 12.2 Å².